The van der Waals surface area contributed by atoms with Crippen LogP contribution in [0.3, 0.4) is 0 Å². The van der Waals surface area contributed by atoms with Crippen LogP contribution in [0.4, 0.5) is 0 Å². The van der Waals surface area contributed by atoms with Gasteiger partial charge in [-0.1, -0.05) is 36.4 Å². The number of rotatable bonds is 4. The van der Waals surface area contributed by atoms with Gasteiger partial charge in [0.05, 0.1) is 23.3 Å². The minimum Gasteiger partial charge on any atom is -0.339 e. The van der Waals surface area contributed by atoms with Crippen molar-refractivity contribution in [2.75, 3.05) is 13.1 Å². The summed E-state index contributed by atoms with van der Waals surface area (Å²) in [6, 6.07) is 20.3. The average Bonchev–Trinajstić information content (AvgIpc) is 3.48. The lowest BCUT2D eigenvalue weighted by Gasteiger charge is -2.14. The van der Waals surface area contributed by atoms with Gasteiger partial charge in [0.1, 0.15) is 5.69 Å². The van der Waals surface area contributed by atoms with Crippen molar-refractivity contribution in [3.8, 4) is 11.4 Å². The fourth-order valence-electron chi connectivity index (χ4n) is 3.97. The highest BCUT2D eigenvalue weighted by Gasteiger charge is 2.24. The summed E-state index contributed by atoms with van der Waals surface area (Å²) in [6.07, 6.45) is 6.18. The number of aromatic nitrogens is 3. The van der Waals surface area contributed by atoms with Gasteiger partial charge in [0.25, 0.3) is 5.91 Å². The summed E-state index contributed by atoms with van der Waals surface area (Å²) in [5.74, 6) is 0.121. The Balaban J connectivity index is 1.52. The SMILES string of the molecule is O=C(c1cc(-c2ccn(Cc3ccccc3)n2)n2ccccc12)N1CCCC1. The molecule has 3 aromatic heterocycles. The molecule has 0 aliphatic carbocycles. The summed E-state index contributed by atoms with van der Waals surface area (Å²) in [7, 11) is 0. The minimum atomic E-state index is 0.121. The van der Waals surface area contributed by atoms with Gasteiger partial charge in [0.2, 0.25) is 0 Å². The molecule has 0 atom stereocenters. The predicted molar refractivity (Wildman–Crippen MR) is 109 cm³/mol. The van der Waals surface area contributed by atoms with Crippen LogP contribution in [0.2, 0.25) is 0 Å². The lowest BCUT2D eigenvalue weighted by molar-refractivity contribution is 0.0795. The van der Waals surface area contributed by atoms with Crippen LogP contribution < -0.4 is 0 Å². The van der Waals surface area contributed by atoms with E-state index in [1.165, 1.54) is 5.56 Å². The van der Waals surface area contributed by atoms with E-state index in [9.17, 15) is 4.79 Å². The van der Waals surface area contributed by atoms with Gasteiger partial charge in [-0.3, -0.25) is 9.48 Å². The Morgan fingerprint density at radius 1 is 0.929 bits per heavy atom. The maximum atomic E-state index is 13.0. The zero-order valence-electron chi connectivity index (χ0n) is 15.7. The molecule has 140 valence electrons. The third-order valence-electron chi connectivity index (χ3n) is 5.39. The van der Waals surface area contributed by atoms with Crippen molar-refractivity contribution >= 4 is 11.4 Å². The van der Waals surface area contributed by atoms with E-state index in [4.69, 9.17) is 5.10 Å². The molecule has 0 spiro atoms. The normalized spacial score (nSPS) is 14.1. The van der Waals surface area contributed by atoms with E-state index in [1.54, 1.807) is 0 Å². The van der Waals surface area contributed by atoms with E-state index in [0.717, 1.165) is 54.9 Å². The zero-order chi connectivity index (χ0) is 18.9. The lowest BCUT2D eigenvalue weighted by atomic mass is 10.2. The first kappa shape index (κ1) is 16.8. The van der Waals surface area contributed by atoms with Gasteiger partial charge in [0.15, 0.2) is 0 Å². The van der Waals surface area contributed by atoms with Crippen molar-refractivity contribution in [2.24, 2.45) is 0 Å². The number of hydrogen-bond acceptors (Lipinski definition) is 2. The molecule has 4 aromatic rings. The largest absolute Gasteiger partial charge is 0.339 e. The number of hydrogen-bond donors (Lipinski definition) is 0. The predicted octanol–water partition coefficient (Wildman–Crippen LogP) is 4.09. The average molecular weight is 370 g/mol. The number of fused-ring (bicyclic) bond motifs is 1. The van der Waals surface area contributed by atoms with Crippen molar-refractivity contribution in [3.63, 3.8) is 0 Å². The highest BCUT2D eigenvalue weighted by Crippen LogP contribution is 2.27. The second kappa shape index (κ2) is 7.00. The molecule has 1 fully saturated rings. The quantitative estimate of drug-likeness (QED) is 0.543. The molecule has 0 saturated carbocycles. The first-order valence-corrected chi connectivity index (χ1v) is 9.77. The molecule has 5 nitrogen and oxygen atoms in total. The van der Waals surface area contributed by atoms with Crippen LogP contribution in [-0.2, 0) is 6.54 Å². The smallest absolute Gasteiger partial charge is 0.256 e. The Kier molecular flexibility index (Phi) is 4.20. The number of nitrogens with zero attached hydrogens (tertiary/aromatic N) is 4. The standard InChI is InChI=1S/C23H22N4O/c28-23(25-12-6-7-13-25)19-16-22(27-14-5-4-10-21(19)27)20-11-15-26(24-20)17-18-8-2-1-3-9-18/h1-5,8-11,14-16H,6-7,12-13,17H2. The summed E-state index contributed by atoms with van der Waals surface area (Å²) >= 11 is 0. The third-order valence-corrected chi connectivity index (χ3v) is 5.39. The van der Waals surface area contributed by atoms with E-state index < -0.39 is 0 Å². The van der Waals surface area contributed by atoms with Gasteiger partial charge >= 0.3 is 0 Å². The van der Waals surface area contributed by atoms with Crippen molar-refractivity contribution in [3.05, 3.63) is 84.2 Å². The number of benzene rings is 1. The van der Waals surface area contributed by atoms with E-state index in [0.29, 0.717) is 0 Å². The van der Waals surface area contributed by atoms with E-state index in [2.05, 4.69) is 16.5 Å². The number of amides is 1. The van der Waals surface area contributed by atoms with Gasteiger partial charge in [-0.15, -0.1) is 0 Å². The third kappa shape index (κ3) is 2.99. The molecule has 0 N–H and O–H groups in total. The molecule has 28 heavy (non-hydrogen) atoms. The molecule has 0 bridgehead atoms. The summed E-state index contributed by atoms with van der Waals surface area (Å²) in [6.45, 7) is 2.43. The van der Waals surface area contributed by atoms with E-state index in [-0.39, 0.29) is 5.91 Å². The number of carbonyl (C=O) groups excluding carboxylic acids is 1. The highest BCUT2D eigenvalue weighted by atomic mass is 16.2. The summed E-state index contributed by atoms with van der Waals surface area (Å²) in [5.41, 5.74) is 4.73. The second-order valence-corrected chi connectivity index (χ2v) is 7.28. The summed E-state index contributed by atoms with van der Waals surface area (Å²) < 4.78 is 4.01. The van der Waals surface area contributed by atoms with Crippen molar-refractivity contribution in [1.82, 2.24) is 19.1 Å². The molecule has 1 aliphatic heterocycles. The molecule has 0 unspecified atom stereocenters. The van der Waals surface area contributed by atoms with Crippen LogP contribution in [0.5, 0.6) is 0 Å². The molecule has 4 heterocycles. The Labute approximate surface area is 163 Å². The summed E-state index contributed by atoms with van der Waals surface area (Å²) in [4.78, 5) is 15.0. The Bertz CT molecular complexity index is 1120. The fraction of sp³-hybridized carbons (Fsp3) is 0.217. The van der Waals surface area contributed by atoms with Gasteiger partial charge in [-0.2, -0.15) is 5.10 Å². The molecule has 1 amide bonds. The molecule has 1 aromatic carbocycles. The van der Waals surface area contributed by atoms with Crippen molar-refractivity contribution in [1.29, 1.82) is 0 Å². The molecular formula is C23H22N4O. The van der Waals surface area contributed by atoms with Gasteiger partial charge in [-0.25, -0.2) is 0 Å². The Morgan fingerprint density at radius 3 is 2.54 bits per heavy atom. The van der Waals surface area contributed by atoms with Crippen LogP contribution in [0, 0.1) is 0 Å². The number of likely N-dealkylation sites (tertiary alicyclic amines) is 1. The van der Waals surface area contributed by atoms with Gasteiger partial charge < -0.3 is 9.30 Å². The molecule has 1 saturated heterocycles. The van der Waals surface area contributed by atoms with E-state index in [1.807, 2.05) is 70.5 Å². The topological polar surface area (TPSA) is 42.5 Å². The Hall–Kier alpha value is -3.34. The number of carbonyl (C=O) groups is 1. The van der Waals surface area contributed by atoms with E-state index >= 15 is 0 Å². The maximum absolute atomic E-state index is 13.0. The van der Waals surface area contributed by atoms with Crippen molar-refractivity contribution < 1.29 is 4.79 Å². The summed E-state index contributed by atoms with van der Waals surface area (Å²) in [5, 5.41) is 4.77. The second-order valence-electron chi connectivity index (χ2n) is 7.28. The van der Waals surface area contributed by atoms with Crippen LogP contribution in [0.1, 0.15) is 28.8 Å². The van der Waals surface area contributed by atoms with Gasteiger partial charge in [-0.05, 0) is 42.7 Å². The molecule has 5 heteroatoms. The Morgan fingerprint density at radius 2 is 1.71 bits per heavy atom. The van der Waals surface area contributed by atoms with Crippen LogP contribution >= 0.6 is 0 Å². The fourth-order valence-corrected chi connectivity index (χ4v) is 3.97. The molecule has 5 rings (SSSR count). The van der Waals surface area contributed by atoms with Crippen molar-refractivity contribution in [2.45, 2.75) is 19.4 Å². The zero-order valence-corrected chi connectivity index (χ0v) is 15.7. The minimum absolute atomic E-state index is 0.121. The highest BCUT2D eigenvalue weighted by molar-refractivity contribution is 6.02. The van der Waals surface area contributed by atoms with Gasteiger partial charge in [0, 0.05) is 25.5 Å². The number of pyridine rings is 1. The van der Waals surface area contributed by atoms with Crippen LogP contribution in [0.25, 0.3) is 16.9 Å². The maximum Gasteiger partial charge on any atom is 0.256 e. The lowest BCUT2D eigenvalue weighted by Crippen LogP contribution is -2.27. The van der Waals surface area contributed by atoms with Crippen LogP contribution in [0.15, 0.2) is 73.1 Å². The first-order chi connectivity index (χ1) is 13.8. The molecule has 0 radical (unpaired) electrons. The van der Waals surface area contributed by atoms with Crippen LogP contribution in [-0.4, -0.2) is 38.1 Å². The molecular weight excluding hydrogens is 348 g/mol. The first-order valence-electron chi connectivity index (χ1n) is 9.77. The monoisotopic (exact) mass is 370 g/mol. The molecule has 1 aliphatic rings.